The number of hydrogen-bond donors (Lipinski definition) is 2. The smallest absolute Gasteiger partial charge is 0.320 e. The minimum Gasteiger partial charge on any atom is -0.480 e. The highest BCUT2D eigenvalue weighted by molar-refractivity contribution is 7.16. The zero-order chi connectivity index (χ0) is 8.27. The second-order valence-corrected chi connectivity index (χ2v) is 3.44. The predicted octanol–water partition coefficient (Wildman–Crippen LogP) is 0.314. The summed E-state index contributed by atoms with van der Waals surface area (Å²) < 4.78 is 0. The molecule has 0 aromatic heterocycles. The minimum absolute atomic E-state index is 0.311. The first kappa shape index (κ1) is 8.95. The molecular weight excluding hydrogens is 161 g/mol. The van der Waals surface area contributed by atoms with Crippen LogP contribution in [-0.4, -0.2) is 29.8 Å². The average molecular weight is 175 g/mol. The lowest BCUT2D eigenvalue weighted by Gasteiger charge is -2.26. The summed E-state index contributed by atoms with van der Waals surface area (Å²) in [5, 5.41) is 11.7. The van der Waals surface area contributed by atoms with Crippen molar-refractivity contribution in [3.8, 4) is 0 Å². The highest BCUT2D eigenvalue weighted by Gasteiger charge is 2.24. The molecule has 3 nitrogen and oxygen atoms in total. The van der Waals surface area contributed by atoms with Gasteiger partial charge in [-0.1, -0.05) is 0 Å². The third-order valence-corrected chi connectivity index (χ3v) is 2.81. The van der Waals surface area contributed by atoms with Crippen molar-refractivity contribution in [3.63, 3.8) is 0 Å². The van der Waals surface area contributed by atoms with Crippen LogP contribution in [0.4, 0.5) is 0 Å². The zero-order valence-corrected chi connectivity index (χ0v) is 7.57. The molecule has 1 aliphatic heterocycles. The molecule has 1 unspecified atom stereocenters. The zero-order valence-electron chi connectivity index (χ0n) is 6.42. The van der Waals surface area contributed by atoms with Crippen molar-refractivity contribution in [2.24, 2.45) is 5.92 Å². The Bertz CT molecular complexity index is 151. The summed E-state index contributed by atoms with van der Waals surface area (Å²) in [5.74, 6) is -0.143. The van der Waals surface area contributed by atoms with E-state index in [1.165, 1.54) is 0 Å². The van der Waals surface area contributed by atoms with E-state index in [9.17, 15) is 4.79 Å². The van der Waals surface area contributed by atoms with Gasteiger partial charge >= 0.3 is 5.97 Å². The van der Waals surface area contributed by atoms with Gasteiger partial charge in [0, 0.05) is 0 Å². The molecule has 0 aliphatic carbocycles. The molecular formula is C7H14NO2P. The van der Waals surface area contributed by atoms with Crippen LogP contribution in [0.1, 0.15) is 12.8 Å². The molecule has 1 saturated heterocycles. The van der Waals surface area contributed by atoms with Crippen molar-refractivity contribution in [3.05, 3.63) is 0 Å². The van der Waals surface area contributed by atoms with Crippen LogP contribution in [0, 0.1) is 5.92 Å². The van der Waals surface area contributed by atoms with Gasteiger partial charge in [-0.25, -0.2) is 0 Å². The molecule has 11 heavy (non-hydrogen) atoms. The molecule has 3 atom stereocenters. The number of hydrogen-bond acceptors (Lipinski definition) is 2. The molecule has 0 aromatic carbocycles. The lowest BCUT2D eigenvalue weighted by atomic mass is 9.94. The molecule has 1 aliphatic rings. The van der Waals surface area contributed by atoms with Gasteiger partial charge in [0.1, 0.15) is 6.04 Å². The van der Waals surface area contributed by atoms with Crippen LogP contribution in [0.25, 0.3) is 0 Å². The number of carboxylic acid groups (broad SMARTS) is 1. The molecule has 4 heteroatoms. The number of nitrogens with one attached hydrogen (secondary N) is 1. The molecule has 0 spiro atoms. The normalized spacial score (nSPS) is 31.7. The van der Waals surface area contributed by atoms with Crippen molar-refractivity contribution in [2.45, 2.75) is 18.9 Å². The SMILES string of the molecule is O=C(O)[C@H]1C[C@@H](CP)CCN1. The molecule has 1 fully saturated rings. The molecule has 1 rings (SSSR count). The van der Waals surface area contributed by atoms with E-state index in [1.807, 2.05) is 0 Å². The first-order chi connectivity index (χ1) is 5.24. The Morgan fingerprint density at radius 1 is 1.73 bits per heavy atom. The topological polar surface area (TPSA) is 49.3 Å². The van der Waals surface area contributed by atoms with Crippen LogP contribution >= 0.6 is 9.24 Å². The van der Waals surface area contributed by atoms with Crippen LogP contribution in [0.5, 0.6) is 0 Å². The van der Waals surface area contributed by atoms with Gasteiger partial charge in [0.15, 0.2) is 0 Å². The fraction of sp³-hybridized carbons (Fsp3) is 0.857. The quantitative estimate of drug-likeness (QED) is 0.594. The number of piperidine rings is 1. The molecule has 0 amide bonds. The summed E-state index contributed by atoms with van der Waals surface area (Å²) in [7, 11) is 2.67. The van der Waals surface area contributed by atoms with Crippen LogP contribution in [0.3, 0.4) is 0 Å². The Balaban J connectivity index is 2.39. The molecule has 0 aromatic rings. The first-order valence-electron chi connectivity index (χ1n) is 3.90. The monoisotopic (exact) mass is 175 g/mol. The van der Waals surface area contributed by atoms with Crippen molar-refractivity contribution in [1.29, 1.82) is 0 Å². The van der Waals surface area contributed by atoms with Gasteiger partial charge in [-0.05, 0) is 31.5 Å². The van der Waals surface area contributed by atoms with E-state index in [1.54, 1.807) is 0 Å². The maximum Gasteiger partial charge on any atom is 0.320 e. The second-order valence-electron chi connectivity index (χ2n) is 2.97. The molecule has 1 heterocycles. The van der Waals surface area contributed by atoms with E-state index < -0.39 is 5.97 Å². The van der Waals surface area contributed by atoms with Crippen molar-refractivity contribution < 1.29 is 9.90 Å². The lowest BCUT2D eigenvalue weighted by molar-refractivity contribution is -0.140. The number of carboxylic acids is 1. The van der Waals surface area contributed by atoms with Gasteiger partial charge in [0.25, 0.3) is 0 Å². The second kappa shape index (κ2) is 4.03. The predicted molar refractivity (Wildman–Crippen MR) is 46.7 cm³/mol. The Hall–Kier alpha value is -0.140. The van der Waals surface area contributed by atoms with E-state index in [0.717, 1.165) is 25.5 Å². The van der Waals surface area contributed by atoms with Crippen LogP contribution < -0.4 is 5.32 Å². The Morgan fingerprint density at radius 2 is 2.45 bits per heavy atom. The van der Waals surface area contributed by atoms with Gasteiger partial charge in [-0.15, -0.1) is 9.24 Å². The van der Waals surface area contributed by atoms with E-state index in [-0.39, 0.29) is 6.04 Å². The average Bonchev–Trinajstić information content (AvgIpc) is 2.05. The molecule has 0 radical (unpaired) electrons. The largest absolute Gasteiger partial charge is 0.480 e. The molecule has 0 bridgehead atoms. The Kier molecular flexibility index (Phi) is 3.28. The third-order valence-electron chi connectivity index (χ3n) is 2.14. The minimum atomic E-state index is -0.715. The third kappa shape index (κ3) is 2.42. The van der Waals surface area contributed by atoms with Gasteiger partial charge < -0.3 is 10.4 Å². The summed E-state index contributed by atoms with van der Waals surface area (Å²) in [5.41, 5.74) is 0. The van der Waals surface area contributed by atoms with Gasteiger partial charge in [0.05, 0.1) is 0 Å². The maximum atomic E-state index is 10.5. The lowest BCUT2D eigenvalue weighted by Crippen LogP contribution is -2.43. The van der Waals surface area contributed by atoms with Crippen LogP contribution in [-0.2, 0) is 4.79 Å². The van der Waals surface area contributed by atoms with Crippen LogP contribution in [0.2, 0.25) is 0 Å². The number of rotatable bonds is 2. The van der Waals surface area contributed by atoms with E-state index in [0.29, 0.717) is 5.92 Å². The highest BCUT2D eigenvalue weighted by atomic mass is 31.0. The Morgan fingerprint density at radius 3 is 3.00 bits per heavy atom. The molecule has 0 saturated carbocycles. The fourth-order valence-corrected chi connectivity index (χ4v) is 1.83. The van der Waals surface area contributed by atoms with Gasteiger partial charge in [-0.3, -0.25) is 4.79 Å². The maximum absolute atomic E-state index is 10.5. The van der Waals surface area contributed by atoms with E-state index >= 15 is 0 Å². The first-order valence-corrected chi connectivity index (χ1v) is 4.72. The Labute approximate surface area is 68.8 Å². The van der Waals surface area contributed by atoms with E-state index in [2.05, 4.69) is 14.6 Å². The van der Waals surface area contributed by atoms with Gasteiger partial charge in [0.2, 0.25) is 0 Å². The molecule has 2 N–H and O–H groups in total. The van der Waals surface area contributed by atoms with Crippen molar-refractivity contribution in [2.75, 3.05) is 12.7 Å². The number of carbonyl (C=O) groups is 1. The fourth-order valence-electron chi connectivity index (χ4n) is 1.40. The summed E-state index contributed by atoms with van der Waals surface area (Å²) in [6.45, 7) is 0.843. The van der Waals surface area contributed by atoms with Crippen molar-refractivity contribution in [1.82, 2.24) is 5.32 Å². The summed E-state index contributed by atoms with van der Waals surface area (Å²) in [6, 6.07) is -0.311. The van der Waals surface area contributed by atoms with Gasteiger partial charge in [-0.2, -0.15) is 0 Å². The van der Waals surface area contributed by atoms with Crippen LogP contribution in [0.15, 0.2) is 0 Å². The molecule has 64 valence electrons. The standard InChI is InChI=1S/C7H14NO2P/c9-7(10)6-3-5(4-11)1-2-8-6/h5-6,8H,1-4,11H2,(H,9,10)/t5-,6+/m0/s1. The highest BCUT2D eigenvalue weighted by Crippen LogP contribution is 2.18. The summed E-state index contributed by atoms with van der Waals surface area (Å²) in [6.07, 6.45) is 2.90. The number of aliphatic carboxylic acids is 1. The summed E-state index contributed by atoms with van der Waals surface area (Å²) >= 11 is 0. The van der Waals surface area contributed by atoms with E-state index in [4.69, 9.17) is 5.11 Å². The van der Waals surface area contributed by atoms with Crippen molar-refractivity contribution >= 4 is 15.2 Å². The summed E-state index contributed by atoms with van der Waals surface area (Å²) in [4.78, 5) is 10.5.